The van der Waals surface area contributed by atoms with Gasteiger partial charge in [0.05, 0.1) is 12.3 Å². The molecule has 0 spiro atoms. The SMILES string of the molecule is Cc1cccc(CCCC2COc3ccc(C(N)=O)cc3N(C[C@@H]3CC[C@H]3C/C=C/C[C@H](C)CS)C2)c1. The molecule has 1 aliphatic heterocycles. The Labute approximate surface area is 229 Å². The van der Waals surface area contributed by atoms with E-state index in [4.69, 9.17) is 10.5 Å². The molecule has 1 fully saturated rings. The van der Waals surface area contributed by atoms with Crippen molar-refractivity contribution in [2.45, 2.75) is 58.8 Å². The van der Waals surface area contributed by atoms with Crippen molar-refractivity contribution in [3.05, 3.63) is 71.3 Å². The molecule has 1 amide bonds. The predicted molar refractivity (Wildman–Crippen MR) is 158 cm³/mol. The van der Waals surface area contributed by atoms with Gasteiger partial charge in [0.1, 0.15) is 5.75 Å². The molecule has 0 bridgehead atoms. The lowest BCUT2D eigenvalue weighted by molar-refractivity contribution is 0.1000. The summed E-state index contributed by atoms with van der Waals surface area (Å²) in [6, 6.07) is 14.5. The number of hydrogen-bond donors (Lipinski definition) is 2. The van der Waals surface area contributed by atoms with Crippen molar-refractivity contribution in [1.82, 2.24) is 0 Å². The fourth-order valence-electron chi connectivity index (χ4n) is 5.67. The first-order valence-corrected chi connectivity index (χ1v) is 14.7. The van der Waals surface area contributed by atoms with E-state index in [1.165, 1.54) is 24.0 Å². The molecule has 0 saturated heterocycles. The lowest BCUT2D eigenvalue weighted by Crippen LogP contribution is -2.40. The topological polar surface area (TPSA) is 55.6 Å². The highest BCUT2D eigenvalue weighted by atomic mass is 32.1. The van der Waals surface area contributed by atoms with Gasteiger partial charge >= 0.3 is 0 Å². The molecule has 2 aromatic rings. The second-order valence-corrected chi connectivity index (χ2v) is 11.7. The van der Waals surface area contributed by atoms with E-state index < -0.39 is 0 Å². The van der Waals surface area contributed by atoms with Crippen LogP contribution in [-0.4, -0.2) is 31.4 Å². The third-order valence-electron chi connectivity index (χ3n) is 8.18. The number of carbonyl (C=O) groups excluding carboxylic acids is 1. The van der Waals surface area contributed by atoms with Gasteiger partial charge in [0.2, 0.25) is 5.91 Å². The molecule has 1 saturated carbocycles. The Balaban J connectivity index is 1.41. The van der Waals surface area contributed by atoms with Crippen molar-refractivity contribution >= 4 is 24.2 Å². The van der Waals surface area contributed by atoms with E-state index >= 15 is 0 Å². The Hall–Kier alpha value is -2.40. The van der Waals surface area contributed by atoms with E-state index in [1.807, 2.05) is 12.1 Å². The van der Waals surface area contributed by atoms with Crippen LogP contribution in [0.15, 0.2) is 54.6 Å². The van der Waals surface area contributed by atoms with E-state index in [1.54, 1.807) is 6.07 Å². The summed E-state index contributed by atoms with van der Waals surface area (Å²) in [6.45, 7) is 7.09. The number of hydrogen-bond acceptors (Lipinski definition) is 4. The molecule has 4 atom stereocenters. The van der Waals surface area contributed by atoms with Gasteiger partial charge in [-0.25, -0.2) is 0 Å². The van der Waals surface area contributed by atoms with E-state index in [0.29, 0.717) is 29.9 Å². The Morgan fingerprint density at radius 3 is 2.76 bits per heavy atom. The quantitative estimate of drug-likeness (QED) is 0.237. The average Bonchev–Trinajstić information content (AvgIpc) is 3.05. The van der Waals surface area contributed by atoms with Crippen LogP contribution in [0.5, 0.6) is 5.75 Å². The highest BCUT2D eigenvalue weighted by Crippen LogP contribution is 2.41. The highest BCUT2D eigenvalue weighted by Gasteiger charge is 2.33. The minimum Gasteiger partial charge on any atom is -0.491 e. The Morgan fingerprint density at radius 1 is 1.19 bits per heavy atom. The standard InChI is InChI=1S/C32H44N2O2S/c1-23-8-5-9-25(17-23)10-6-11-26-19-34(30-18-28(32(33)35)15-16-31(30)36-21-26)20-29-14-13-27(29)12-4-3-7-24(2)22-37/h3-5,8-9,15-18,24,26-27,29,37H,6-7,10-14,19-22H2,1-2H3,(H2,33,35)/b4-3+/t24-,26?,27+,29-/m0/s1. The lowest BCUT2D eigenvalue weighted by Gasteiger charge is -2.41. The fourth-order valence-corrected chi connectivity index (χ4v) is 5.82. The number of carbonyl (C=O) groups is 1. The molecule has 4 rings (SSSR count). The molecule has 2 aliphatic rings. The minimum atomic E-state index is -0.385. The van der Waals surface area contributed by atoms with Crippen molar-refractivity contribution in [1.29, 1.82) is 0 Å². The third-order valence-corrected chi connectivity index (χ3v) is 8.81. The number of aryl methyl sites for hydroxylation is 2. The van der Waals surface area contributed by atoms with Crippen LogP contribution in [0.3, 0.4) is 0 Å². The van der Waals surface area contributed by atoms with Crippen LogP contribution in [-0.2, 0) is 6.42 Å². The number of nitrogens with zero attached hydrogens (tertiary/aromatic N) is 1. The molecule has 1 unspecified atom stereocenters. The maximum absolute atomic E-state index is 12.0. The number of fused-ring (bicyclic) bond motifs is 1. The number of rotatable bonds is 12. The Bertz CT molecular complexity index is 1070. The van der Waals surface area contributed by atoms with E-state index in [-0.39, 0.29) is 5.91 Å². The summed E-state index contributed by atoms with van der Waals surface area (Å²) < 4.78 is 6.31. The van der Waals surface area contributed by atoms with Crippen LogP contribution in [0.2, 0.25) is 0 Å². The average molecular weight is 521 g/mol. The molecule has 1 heterocycles. The first-order valence-electron chi connectivity index (χ1n) is 14.1. The number of allylic oxidation sites excluding steroid dienone is 2. The number of anilines is 1. The summed E-state index contributed by atoms with van der Waals surface area (Å²) in [6.07, 6.45) is 12.9. The molecule has 0 aromatic heterocycles. The zero-order chi connectivity index (χ0) is 26.2. The maximum Gasteiger partial charge on any atom is 0.248 e. The van der Waals surface area contributed by atoms with Gasteiger partial charge in [-0.15, -0.1) is 0 Å². The van der Waals surface area contributed by atoms with Gasteiger partial charge in [-0.05, 0) is 99.1 Å². The van der Waals surface area contributed by atoms with E-state index in [9.17, 15) is 4.79 Å². The van der Waals surface area contributed by atoms with Crippen LogP contribution in [0.25, 0.3) is 0 Å². The second kappa shape index (κ2) is 13.4. The second-order valence-electron chi connectivity index (χ2n) is 11.3. The minimum absolute atomic E-state index is 0.385. The van der Waals surface area contributed by atoms with Crippen molar-refractivity contribution in [3.63, 3.8) is 0 Å². The van der Waals surface area contributed by atoms with Crippen LogP contribution < -0.4 is 15.4 Å². The lowest BCUT2D eigenvalue weighted by atomic mass is 9.71. The molecule has 0 radical (unpaired) electrons. The Kier molecular flexibility index (Phi) is 10.0. The van der Waals surface area contributed by atoms with Crippen molar-refractivity contribution in [2.24, 2.45) is 29.4 Å². The number of thiol groups is 1. The van der Waals surface area contributed by atoms with Crippen LogP contribution in [0.4, 0.5) is 5.69 Å². The molecule has 2 N–H and O–H groups in total. The van der Waals surface area contributed by atoms with Gasteiger partial charge < -0.3 is 15.4 Å². The van der Waals surface area contributed by atoms with Gasteiger partial charge in [-0.3, -0.25) is 4.79 Å². The summed E-state index contributed by atoms with van der Waals surface area (Å²) in [5, 5.41) is 0. The number of ether oxygens (including phenoxy) is 1. The summed E-state index contributed by atoms with van der Waals surface area (Å²) >= 11 is 4.40. The molecule has 5 heteroatoms. The van der Waals surface area contributed by atoms with Crippen molar-refractivity contribution in [3.8, 4) is 5.75 Å². The summed E-state index contributed by atoms with van der Waals surface area (Å²) in [5.41, 5.74) is 9.96. The summed E-state index contributed by atoms with van der Waals surface area (Å²) in [5.74, 6) is 3.92. The van der Waals surface area contributed by atoms with Gasteiger partial charge in [0.15, 0.2) is 0 Å². The summed E-state index contributed by atoms with van der Waals surface area (Å²) in [4.78, 5) is 14.4. The van der Waals surface area contributed by atoms with Gasteiger partial charge in [-0.2, -0.15) is 12.6 Å². The zero-order valence-corrected chi connectivity index (χ0v) is 23.5. The Morgan fingerprint density at radius 2 is 2.03 bits per heavy atom. The van der Waals surface area contributed by atoms with Crippen LogP contribution in [0, 0.1) is 30.6 Å². The molecule has 200 valence electrons. The molecular weight excluding hydrogens is 476 g/mol. The first kappa shape index (κ1) is 27.6. The van der Waals surface area contributed by atoms with Crippen LogP contribution in [0.1, 0.15) is 66.9 Å². The number of benzene rings is 2. The monoisotopic (exact) mass is 520 g/mol. The normalized spacial score (nSPS) is 22.1. The van der Waals surface area contributed by atoms with Gasteiger partial charge in [0.25, 0.3) is 0 Å². The zero-order valence-electron chi connectivity index (χ0n) is 22.6. The smallest absolute Gasteiger partial charge is 0.248 e. The molecular formula is C32H44N2O2S. The third kappa shape index (κ3) is 7.80. The number of primary amides is 1. The molecule has 1 aliphatic carbocycles. The largest absolute Gasteiger partial charge is 0.491 e. The van der Waals surface area contributed by atoms with E-state index in [0.717, 1.165) is 68.3 Å². The highest BCUT2D eigenvalue weighted by molar-refractivity contribution is 7.80. The van der Waals surface area contributed by atoms with Gasteiger partial charge in [0, 0.05) is 24.6 Å². The predicted octanol–water partition coefficient (Wildman–Crippen LogP) is 6.86. The van der Waals surface area contributed by atoms with Crippen LogP contribution >= 0.6 is 12.6 Å². The fraction of sp³-hybridized carbons (Fsp3) is 0.531. The number of nitrogens with two attached hydrogens (primary N) is 1. The van der Waals surface area contributed by atoms with Crippen molar-refractivity contribution < 1.29 is 9.53 Å². The maximum atomic E-state index is 12.0. The molecule has 37 heavy (non-hydrogen) atoms. The number of amides is 1. The molecule has 2 aromatic carbocycles. The van der Waals surface area contributed by atoms with E-state index in [2.05, 4.69) is 67.8 Å². The van der Waals surface area contributed by atoms with Gasteiger partial charge in [-0.1, -0.05) is 48.9 Å². The molecule has 4 nitrogen and oxygen atoms in total. The first-order chi connectivity index (χ1) is 17.9. The summed E-state index contributed by atoms with van der Waals surface area (Å²) in [7, 11) is 0. The van der Waals surface area contributed by atoms with Crippen molar-refractivity contribution in [2.75, 3.05) is 30.3 Å².